The fraction of sp³-hybridized carbons (Fsp3) is 0.306. The molecule has 1 fully saturated rings. The lowest BCUT2D eigenvalue weighted by Crippen LogP contribution is -2.33. The monoisotopic (exact) mass is 592 g/mol. The fourth-order valence-corrected chi connectivity index (χ4v) is 5.33. The maximum atomic E-state index is 13.1. The first-order chi connectivity index (χ1) is 21.0. The van der Waals surface area contributed by atoms with Crippen molar-refractivity contribution in [2.45, 2.75) is 39.5 Å². The molecule has 0 saturated carbocycles. The zero-order valence-electron chi connectivity index (χ0n) is 26.1. The molecule has 1 aromatic heterocycles. The fourth-order valence-electron chi connectivity index (χ4n) is 5.33. The summed E-state index contributed by atoms with van der Waals surface area (Å²) < 4.78 is 7.01. The normalized spacial score (nSPS) is 13.7. The molecule has 8 nitrogen and oxygen atoms in total. The summed E-state index contributed by atoms with van der Waals surface area (Å²) >= 11 is 0. The molecule has 5 rings (SSSR count). The highest BCUT2D eigenvalue weighted by Crippen LogP contribution is 2.30. The lowest BCUT2D eigenvalue weighted by Gasteiger charge is -2.20. The lowest BCUT2D eigenvalue weighted by molar-refractivity contribution is 0.0741. The van der Waals surface area contributed by atoms with Crippen molar-refractivity contribution in [3.8, 4) is 11.1 Å². The number of aryl methyl sites for hydroxylation is 1. The number of carbonyl (C=O) groups excluding carboxylic acids is 2. The Morgan fingerprint density at radius 2 is 1.57 bits per heavy atom. The van der Waals surface area contributed by atoms with Gasteiger partial charge in [0.15, 0.2) is 0 Å². The zero-order valence-corrected chi connectivity index (χ0v) is 26.1. The van der Waals surface area contributed by atoms with Gasteiger partial charge in [0.05, 0.1) is 6.61 Å². The van der Waals surface area contributed by atoms with E-state index in [-0.39, 0.29) is 22.8 Å². The van der Waals surface area contributed by atoms with Crippen molar-refractivity contribution in [2.75, 3.05) is 36.9 Å². The van der Waals surface area contributed by atoms with E-state index in [2.05, 4.69) is 31.4 Å². The molecule has 2 N–H and O–H groups in total. The molecule has 0 radical (unpaired) electrons. The van der Waals surface area contributed by atoms with E-state index in [1.165, 1.54) is 5.56 Å². The molecule has 2 amide bonds. The van der Waals surface area contributed by atoms with Crippen LogP contribution < -0.4 is 16.2 Å². The van der Waals surface area contributed by atoms with E-state index in [0.717, 1.165) is 23.1 Å². The molecule has 1 aliphatic heterocycles. The van der Waals surface area contributed by atoms with Crippen molar-refractivity contribution in [3.05, 3.63) is 112 Å². The van der Waals surface area contributed by atoms with Crippen LogP contribution in [0.1, 0.15) is 59.0 Å². The molecule has 2 heterocycles. The van der Waals surface area contributed by atoms with E-state index in [1.54, 1.807) is 29.9 Å². The molecule has 0 spiro atoms. The minimum atomic E-state index is -0.181. The van der Waals surface area contributed by atoms with Crippen LogP contribution in [0.15, 0.2) is 83.8 Å². The first kappa shape index (κ1) is 30.8. The third kappa shape index (κ3) is 6.92. The van der Waals surface area contributed by atoms with Gasteiger partial charge in [-0.25, -0.2) is 0 Å². The van der Waals surface area contributed by atoms with E-state index in [1.807, 2.05) is 72.5 Å². The zero-order chi connectivity index (χ0) is 31.4. The molecule has 0 atom stereocenters. The van der Waals surface area contributed by atoms with Crippen molar-refractivity contribution in [2.24, 2.45) is 7.05 Å². The van der Waals surface area contributed by atoms with Crippen LogP contribution in [0.5, 0.6) is 0 Å². The van der Waals surface area contributed by atoms with Crippen molar-refractivity contribution in [1.29, 1.82) is 0 Å². The summed E-state index contributed by atoms with van der Waals surface area (Å²) in [7, 11) is 1.71. The van der Waals surface area contributed by atoms with Crippen molar-refractivity contribution >= 4 is 28.9 Å². The predicted octanol–water partition coefficient (Wildman–Crippen LogP) is 6.52. The van der Waals surface area contributed by atoms with Gasteiger partial charge in [0, 0.05) is 61.0 Å². The summed E-state index contributed by atoms with van der Waals surface area (Å²) in [4.78, 5) is 41.0. The van der Waals surface area contributed by atoms with Crippen LogP contribution in [0.25, 0.3) is 11.1 Å². The van der Waals surface area contributed by atoms with Gasteiger partial charge in [-0.05, 0) is 84.0 Å². The number of anilines is 3. The average molecular weight is 593 g/mol. The Morgan fingerprint density at radius 1 is 0.864 bits per heavy atom. The number of ether oxygens (including phenoxy) is 1. The van der Waals surface area contributed by atoms with Crippen LogP contribution in [-0.4, -0.2) is 47.6 Å². The van der Waals surface area contributed by atoms with Crippen LogP contribution in [0.2, 0.25) is 0 Å². The standard InChI is InChI=1S/C36H40N4O4/c1-24-30(8-6-9-31(24)38-33(41)25-10-14-28(15-11-25)36(2,3)4)27-22-32(35(43)39(5)23-27)37-29-16-12-26(13-17-29)34(42)40-18-7-20-44-21-19-40/h6,8-17,22-23,37H,7,18-21H2,1-5H3,(H,38,41). The number of rotatable bonds is 6. The predicted molar refractivity (Wildman–Crippen MR) is 176 cm³/mol. The van der Waals surface area contributed by atoms with Gasteiger partial charge in [-0.2, -0.15) is 0 Å². The highest BCUT2D eigenvalue weighted by molar-refractivity contribution is 6.05. The van der Waals surface area contributed by atoms with E-state index in [9.17, 15) is 14.4 Å². The van der Waals surface area contributed by atoms with Crippen molar-refractivity contribution < 1.29 is 14.3 Å². The highest BCUT2D eigenvalue weighted by atomic mass is 16.5. The number of carbonyl (C=O) groups is 2. The van der Waals surface area contributed by atoms with Crippen LogP contribution >= 0.6 is 0 Å². The molecule has 1 saturated heterocycles. The first-order valence-corrected chi connectivity index (χ1v) is 15.0. The second-order valence-electron chi connectivity index (χ2n) is 12.3. The summed E-state index contributed by atoms with van der Waals surface area (Å²) in [5.41, 5.74) is 6.59. The molecule has 0 aliphatic carbocycles. The van der Waals surface area contributed by atoms with Gasteiger partial charge in [0.1, 0.15) is 5.69 Å². The Balaban J connectivity index is 1.35. The number of hydrogen-bond acceptors (Lipinski definition) is 5. The van der Waals surface area contributed by atoms with E-state index < -0.39 is 0 Å². The Hall–Kier alpha value is -4.69. The van der Waals surface area contributed by atoms with Crippen LogP contribution in [-0.2, 0) is 17.2 Å². The van der Waals surface area contributed by atoms with E-state index in [4.69, 9.17) is 4.74 Å². The maximum absolute atomic E-state index is 13.1. The molecule has 0 unspecified atom stereocenters. The summed E-state index contributed by atoms with van der Waals surface area (Å²) in [6.07, 6.45) is 2.62. The van der Waals surface area contributed by atoms with Gasteiger partial charge in [0.2, 0.25) is 0 Å². The number of benzene rings is 3. The Morgan fingerprint density at radius 3 is 2.27 bits per heavy atom. The number of hydrogen-bond donors (Lipinski definition) is 2. The third-order valence-electron chi connectivity index (χ3n) is 8.01. The summed E-state index contributed by atoms with van der Waals surface area (Å²) in [5.74, 6) is -0.205. The Bertz CT molecular complexity index is 1710. The molecular weight excluding hydrogens is 552 g/mol. The topological polar surface area (TPSA) is 92.7 Å². The first-order valence-electron chi connectivity index (χ1n) is 15.0. The largest absolute Gasteiger partial charge is 0.380 e. The Kier molecular flexibility index (Phi) is 9.01. The highest BCUT2D eigenvalue weighted by Gasteiger charge is 2.18. The number of amides is 2. The molecule has 0 bridgehead atoms. The van der Waals surface area contributed by atoms with Crippen LogP contribution in [0.3, 0.4) is 0 Å². The molecule has 228 valence electrons. The Labute approximate surface area is 258 Å². The smallest absolute Gasteiger partial charge is 0.274 e. The van der Waals surface area contributed by atoms with Gasteiger partial charge >= 0.3 is 0 Å². The number of aromatic nitrogens is 1. The van der Waals surface area contributed by atoms with Crippen LogP contribution in [0, 0.1) is 6.92 Å². The number of nitrogens with one attached hydrogen (secondary N) is 2. The van der Waals surface area contributed by atoms with Gasteiger partial charge < -0.3 is 24.8 Å². The lowest BCUT2D eigenvalue weighted by atomic mass is 9.86. The van der Waals surface area contributed by atoms with Gasteiger partial charge in [-0.3, -0.25) is 14.4 Å². The molecule has 3 aromatic carbocycles. The van der Waals surface area contributed by atoms with Crippen molar-refractivity contribution in [1.82, 2.24) is 9.47 Å². The maximum Gasteiger partial charge on any atom is 0.274 e. The SMILES string of the molecule is Cc1c(NC(=O)c2ccc(C(C)(C)C)cc2)cccc1-c1cc(Nc2ccc(C(=O)N3CCCOCC3)cc2)c(=O)n(C)c1. The average Bonchev–Trinajstić information content (AvgIpc) is 3.30. The summed E-state index contributed by atoms with van der Waals surface area (Å²) in [6.45, 7) is 10.9. The van der Waals surface area contributed by atoms with Gasteiger partial charge in [0.25, 0.3) is 17.4 Å². The van der Waals surface area contributed by atoms with Crippen LogP contribution in [0.4, 0.5) is 17.1 Å². The summed E-state index contributed by atoms with van der Waals surface area (Å²) in [6, 6.07) is 22.4. The molecule has 44 heavy (non-hydrogen) atoms. The van der Waals surface area contributed by atoms with Crippen molar-refractivity contribution in [3.63, 3.8) is 0 Å². The quantitative estimate of drug-likeness (QED) is 0.266. The number of nitrogens with zero attached hydrogens (tertiary/aromatic N) is 2. The molecule has 8 heteroatoms. The third-order valence-corrected chi connectivity index (χ3v) is 8.01. The molecule has 4 aromatic rings. The minimum absolute atomic E-state index is 0.00841. The summed E-state index contributed by atoms with van der Waals surface area (Å²) in [5, 5.41) is 6.29. The molecular formula is C36H40N4O4. The number of pyridine rings is 1. The van der Waals surface area contributed by atoms with Gasteiger partial charge in [-0.1, -0.05) is 45.0 Å². The van der Waals surface area contributed by atoms with E-state index in [0.29, 0.717) is 54.5 Å². The second kappa shape index (κ2) is 12.9. The van der Waals surface area contributed by atoms with E-state index >= 15 is 0 Å². The second-order valence-corrected chi connectivity index (χ2v) is 12.3. The molecule has 1 aliphatic rings. The van der Waals surface area contributed by atoms with Gasteiger partial charge in [-0.15, -0.1) is 0 Å². The minimum Gasteiger partial charge on any atom is -0.380 e.